The summed E-state index contributed by atoms with van der Waals surface area (Å²) in [5, 5.41) is 2.92. The molecule has 1 unspecified atom stereocenters. The molecule has 1 aliphatic carbocycles. The summed E-state index contributed by atoms with van der Waals surface area (Å²) in [6.45, 7) is 0. The summed E-state index contributed by atoms with van der Waals surface area (Å²) in [5.74, 6) is 0.115. The molecule has 5 heteroatoms. The van der Waals surface area contributed by atoms with Crippen LogP contribution in [0.5, 0.6) is 0 Å². The number of anilines is 1. The van der Waals surface area contributed by atoms with Crippen molar-refractivity contribution < 1.29 is 4.79 Å². The Morgan fingerprint density at radius 2 is 2.06 bits per heavy atom. The molecule has 1 aromatic carbocycles. The van der Waals surface area contributed by atoms with E-state index in [1.165, 1.54) is 18.0 Å². The maximum absolute atomic E-state index is 12.1. The van der Waals surface area contributed by atoms with Crippen molar-refractivity contribution in [2.24, 2.45) is 0 Å². The summed E-state index contributed by atoms with van der Waals surface area (Å²) >= 11 is 5.85. The van der Waals surface area contributed by atoms with Gasteiger partial charge in [0, 0.05) is 12.4 Å². The molecule has 4 nitrogen and oxygen atoms in total. The SMILES string of the molecule is O=C(Nc1nccnc1Cl)C1Cc2ccccc21. The average Bonchev–Trinajstić information content (AvgIpc) is 2.34. The minimum absolute atomic E-state index is 0.0869. The van der Waals surface area contributed by atoms with E-state index in [-0.39, 0.29) is 17.0 Å². The van der Waals surface area contributed by atoms with Gasteiger partial charge in [0.1, 0.15) is 0 Å². The predicted molar refractivity (Wildman–Crippen MR) is 68.6 cm³/mol. The van der Waals surface area contributed by atoms with E-state index in [4.69, 9.17) is 11.6 Å². The van der Waals surface area contributed by atoms with Gasteiger partial charge in [0.2, 0.25) is 5.91 Å². The van der Waals surface area contributed by atoms with Crippen LogP contribution < -0.4 is 5.32 Å². The Kier molecular flexibility index (Phi) is 2.72. The standard InChI is InChI=1S/C13H10ClN3O/c14-11-12(16-6-5-15-11)17-13(18)10-7-8-3-1-2-4-9(8)10/h1-6,10H,7H2,(H,16,17,18). The minimum Gasteiger partial charge on any atom is -0.308 e. The fourth-order valence-corrected chi connectivity index (χ4v) is 2.25. The van der Waals surface area contributed by atoms with E-state index < -0.39 is 0 Å². The summed E-state index contributed by atoms with van der Waals surface area (Å²) in [5.41, 5.74) is 2.30. The molecular weight excluding hydrogens is 250 g/mol. The van der Waals surface area contributed by atoms with Gasteiger partial charge in [-0.2, -0.15) is 0 Å². The summed E-state index contributed by atoms with van der Waals surface area (Å²) in [4.78, 5) is 19.9. The minimum atomic E-state index is -0.112. The van der Waals surface area contributed by atoms with E-state index in [0.29, 0.717) is 5.82 Å². The molecule has 1 atom stereocenters. The second kappa shape index (κ2) is 4.38. The van der Waals surface area contributed by atoms with Crippen LogP contribution in [0.4, 0.5) is 5.82 Å². The maximum atomic E-state index is 12.1. The highest BCUT2D eigenvalue weighted by molar-refractivity contribution is 6.32. The second-order valence-electron chi connectivity index (χ2n) is 4.14. The van der Waals surface area contributed by atoms with Gasteiger partial charge in [0.25, 0.3) is 0 Å². The van der Waals surface area contributed by atoms with Crippen LogP contribution in [0.15, 0.2) is 36.7 Å². The first-order chi connectivity index (χ1) is 8.75. The van der Waals surface area contributed by atoms with Gasteiger partial charge in [-0.25, -0.2) is 9.97 Å². The fourth-order valence-electron chi connectivity index (χ4n) is 2.10. The van der Waals surface area contributed by atoms with Gasteiger partial charge >= 0.3 is 0 Å². The Labute approximate surface area is 109 Å². The summed E-state index contributed by atoms with van der Waals surface area (Å²) < 4.78 is 0. The molecule has 0 aliphatic heterocycles. The van der Waals surface area contributed by atoms with Crippen LogP contribution in [0, 0.1) is 0 Å². The van der Waals surface area contributed by atoms with E-state index in [1.807, 2.05) is 24.3 Å². The van der Waals surface area contributed by atoms with E-state index in [2.05, 4.69) is 15.3 Å². The topological polar surface area (TPSA) is 54.9 Å². The van der Waals surface area contributed by atoms with Crippen molar-refractivity contribution in [2.45, 2.75) is 12.3 Å². The Hall–Kier alpha value is -1.94. The normalized spacial score (nSPS) is 16.6. The summed E-state index contributed by atoms with van der Waals surface area (Å²) in [7, 11) is 0. The largest absolute Gasteiger partial charge is 0.308 e. The zero-order valence-electron chi connectivity index (χ0n) is 9.43. The van der Waals surface area contributed by atoms with E-state index in [9.17, 15) is 4.79 Å². The van der Waals surface area contributed by atoms with Crippen molar-refractivity contribution in [1.82, 2.24) is 9.97 Å². The van der Waals surface area contributed by atoms with Crippen LogP contribution in [0.2, 0.25) is 5.15 Å². The number of nitrogens with zero attached hydrogens (tertiary/aromatic N) is 2. The molecule has 1 N–H and O–H groups in total. The van der Waals surface area contributed by atoms with Crippen LogP contribution in [0.3, 0.4) is 0 Å². The van der Waals surface area contributed by atoms with Crippen molar-refractivity contribution in [3.63, 3.8) is 0 Å². The number of amides is 1. The van der Waals surface area contributed by atoms with Crippen molar-refractivity contribution in [3.05, 3.63) is 52.9 Å². The monoisotopic (exact) mass is 259 g/mol. The lowest BCUT2D eigenvalue weighted by molar-refractivity contribution is -0.118. The van der Waals surface area contributed by atoms with Gasteiger partial charge in [-0.1, -0.05) is 35.9 Å². The number of benzene rings is 1. The quantitative estimate of drug-likeness (QED) is 0.901. The second-order valence-corrected chi connectivity index (χ2v) is 4.50. The number of carbonyl (C=O) groups is 1. The molecule has 1 amide bonds. The summed E-state index contributed by atoms with van der Waals surface area (Å²) in [6, 6.07) is 7.93. The number of fused-ring (bicyclic) bond motifs is 1. The van der Waals surface area contributed by atoms with E-state index in [1.54, 1.807) is 0 Å². The first kappa shape index (κ1) is 11.2. The molecule has 1 heterocycles. The van der Waals surface area contributed by atoms with E-state index >= 15 is 0 Å². The van der Waals surface area contributed by atoms with Gasteiger partial charge in [0.15, 0.2) is 11.0 Å². The zero-order chi connectivity index (χ0) is 12.5. The van der Waals surface area contributed by atoms with Crippen molar-refractivity contribution in [1.29, 1.82) is 0 Å². The van der Waals surface area contributed by atoms with Gasteiger partial charge in [-0.3, -0.25) is 4.79 Å². The van der Waals surface area contributed by atoms with Crippen LogP contribution in [-0.4, -0.2) is 15.9 Å². The van der Waals surface area contributed by atoms with Crippen LogP contribution in [0.1, 0.15) is 17.0 Å². The molecule has 0 bridgehead atoms. The lowest BCUT2D eigenvalue weighted by Crippen LogP contribution is -2.30. The number of halogens is 1. The molecule has 0 radical (unpaired) electrons. The third-order valence-corrected chi connectivity index (χ3v) is 3.34. The van der Waals surface area contributed by atoms with Crippen molar-refractivity contribution in [3.8, 4) is 0 Å². The van der Waals surface area contributed by atoms with Gasteiger partial charge < -0.3 is 5.32 Å². The zero-order valence-corrected chi connectivity index (χ0v) is 10.2. The van der Waals surface area contributed by atoms with Crippen LogP contribution in [-0.2, 0) is 11.2 Å². The molecule has 2 aromatic rings. The smallest absolute Gasteiger partial charge is 0.233 e. The Bertz CT molecular complexity index is 615. The molecule has 3 rings (SSSR count). The molecule has 1 aromatic heterocycles. The van der Waals surface area contributed by atoms with Crippen molar-refractivity contribution in [2.75, 3.05) is 5.32 Å². The van der Waals surface area contributed by atoms with Crippen molar-refractivity contribution >= 4 is 23.3 Å². The lowest BCUT2D eigenvalue weighted by atomic mass is 9.77. The Morgan fingerprint density at radius 1 is 1.28 bits per heavy atom. The molecule has 0 spiro atoms. The van der Waals surface area contributed by atoms with Gasteiger partial charge in [-0.05, 0) is 17.5 Å². The first-order valence-corrected chi connectivity index (χ1v) is 5.98. The lowest BCUT2D eigenvalue weighted by Gasteiger charge is -2.28. The summed E-state index contributed by atoms with van der Waals surface area (Å²) in [6.07, 6.45) is 3.74. The molecular formula is C13H10ClN3O. The number of carbonyl (C=O) groups excluding carboxylic acids is 1. The number of hydrogen-bond acceptors (Lipinski definition) is 3. The third kappa shape index (κ3) is 1.84. The number of rotatable bonds is 2. The molecule has 90 valence electrons. The van der Waals surface area contributed by atoms with Gasteiger partial charge in [-0.15, -0.1) is 0 Å². The Balaban J connectivity index is 1.77. The molecule has 0 saturated carbocycles. The highest BCUT2D eigenvalue weighted by atomic mass is 35.5. The average molecular weight is 260 g/mol. The van der Waals surface area contributed by atoms with Gasteiger partial charge in [0.05, 0.1) is 5.92 Å². The number of nitrogens with one attached hydrogen (secondary N) is 1. The Morgan fingerprint density at radius 3 is 2.83 bits per heavy atom. The van der Waals surface area contributed by atoms with Crippen LogP contribution in [0.25, 0.3) is 0 Å². The van der Waals surface area contributed by atoms with E-state index in [0.717, 1.165) is 12.0 Å². The predicted octanol–water partition coefficient (Wildman–Crippen LogP) is 2.41. The highest BCUT2D eigenvalue weighted by Crippen LogP contribution is 2.35. The molecule has 0 saturated heterocycles. The molecule has 1 aliphatic rings. The highest BCUT2D eigenvalue weighted by Gasteiger charge is 2.32. The molecule has 18 heavy (non-hydrogen) atoms. The third-order valence-electron chi connectivity index (χ3n) is 3.07. The first-order valence-electron chi connectivity index (χ1n) is 5.61. The fraction of sp³-hybridized carbons (Fsp3) is 0.154. The molecule has 0 fully saturated rings. The number of hydrogen-bond donors (Lipinski definition) is 1. The van der Waals surface area contributed by atoms with Crippen LogP contribution >= 0.6 is 11.6 Å². The maximum Gasteiger partial charge on any atom is 0.233 e. The number of aromatic nitrogens is 2.